The second-order valence-electron chi connectivity index (χ2n) is 5.94. The number of hydrogen-bond acceptors (Lipinski definition) is 7. The first-order valence-electron chi connectivity index (χ1n) is 8.81. The minimum absolute atomic E-state index is 0.252. The molecule has 0 atom stereocenters. The number of aromatic nitrogens is 3. The Labute approximate surface area is 176 Å². The number of nitrogens with zero attached hydrogens (tertiary/aromatic N) is 4. The van der Waals surface area contributed by atoms with E-state index in [1.807, 2.05) is 6.07 Å². The standard InChI is InChI=1S/C20H20F2N4O3S/c1-27-15-5-7-16(8-6-15)29-12-14-10-13(4-9-17(14)28-2)11-23-26-19(18(21)22)24-25-20(26)30-3/h4-11,18H,12H2,1-3H3. The average Bonchev–Trinajstić information content (AvgIpc) is 3.20. The molecule has 30 heavy (non-hydrogen) atoms. The molecule has 1 aromatic heterocycles. The van der Waals surface area contributed by atoms with E-state index in [1.165, 1.54) is 18.0 Å². The van der Waals surface area contributed by atoms with Crippen LogP contribution in [0.4, 0.5) is 8.78 Å². The van der Waals surface area contributed by atoms with E-state index in [9.17, 15) is 8.78 Å². The highest BCUT2D eigenvalue weighted by Gasteiger charge is 2.19. The van der Waals surface area contributed by atoms with Gasteiger partial charge in [0.05, 0.1) is 20.4 Å². The predicted molar refractivity (Wildman–Crippen MR) is 110 cm³/mol. The molecule has 2 aromatic carbocycles. The Balaban J connectivity index is 1.80. The molecule has 10 heteroatoms. The Morgan fingerprint density at radius 3 is 2.43 bits per heavy atom. The second-order valence-corrected chi connectivity index (χ2v) is 6.71. The van der Waals surface area contributed by atoms with Crippen LogP contribution in [0.5, 0.6) is 17.2 Å². The van der Waals surface area contributed by atoms with Crippen molar-refractivity contribution in [1.29, 1.82) is 0 Å². The quantitative estimate of drug-likeness (QED) is 0.367. The Morgan fingerprint density at radius 1 is 1.07 bits per heavy atom. The van der Waals surface area contributed by atoms with Crippen LogP contribution >= 0.6 is 11.8 Å². The van der Waals surface area contributed by atoms with Gasteiger partial charge in [0.25, 0.3) is 6.43 Å². The Kier molecular flexibility index (Phi) is 7.23. The summed E-state index contributed by atoms with van der Waals surface area (Å²) >= 11 is 1.18. The van der Waals surface area contributed by atoms with Crippen LogP contribution in [0.25, 0.3) is 0 Å². The van der Waals surface area contributed by atoms with Gasteiger partial charge in [-0.25, -0.2) is 8.78 Å². The van der Waals surface area contributed by atoms with Gasteiger partial charge in [-0.15, -0.1) is 10.2 Å². The molecule has 0 saturated carbocycles. The predicted octanol–water partition coefficient (Wildman–Crippen LogP) is 4.42. The van der Waals surface area contributed by atoms with Crippen LogP contribution in [0.15, 0.2) is 52.7 Å². The van der Waals surface area contributed by atoms with Crippen LogP contribution in [-0.2, 0) is 6.61 Å². The van der Waals surface area contributed by atoms with E-state index in [0.717, 1.165) is 16.0 Å². The van der Waals surface area contributed by atoms with Gasteiger partial charge in [-0.3, -0.25) is 0 Å². The third kappa shape index (κ3) is 5.07. The summed E-state index contributed by atoms with van der Waals surface area (Å²) in [6.45, 7) is 0.252. The largest absolute Gasteiger partial charge is 0.497 e. The maximum absolute atomic E-state index is 13.1. The molecule has 0 N–H and O–H groups in total. The molecule has 0 aliphatic carbocycles. The van der Waals surface area contributed by atoms with Crippen LogP contribution in [0, 0.1) is 0 Å². The van der Waals surface area contributed by atoms with Crippen molar-refractivity contribution in [2.45, 2.75) is 18.2 Å². The molecule has 0 spiro atoms. The van der Waals surface area contributed by atoms with Crippen molar-refractivity contribution in [2.75, 3.05) is 20.5 Å². The van der Waals surface area contributed by atoms with Gasteiger partial charge in [-0.05, 0) is 54.3 Å². The summed E-state index contributed by atoms with van der Waals surface area (Å²) < 4.78 is 43.6. The number of thioether (sulfide) groups is 1. The summed E-state index contributed by atoms with van der Waals surface area (Å²) in [6, 6.07) is 12.6. The molecular formula is C20H20F2N4O3S. The topological polar surface area (TPSA) is 70.8 Å². The number of alkyl halides is 2. The first-order valence-corrected chi connectivity index (χ1v) is 10.0. The first kappa shape index (κ1) is 21.6. The van der Waals surface area contributed by atoms with Crippen molar-refractivity contribution in [1.82, 2.24) is 14.9 Å². The third-order valence-electron chi connectivity index (χ3n) is 4.09. The molecule has 158 valence electrons. The highest BCUT2D eigenvalue weighted by molar-refractivity contribution is 7.98. The number of ether oxygens (including phenoxy) is 3. The molecule has 0 saturated heterocycles. The minimum atomic E-state index is -2.78. The van der Waals surface area contributed by atoms with Crippen molar-refractivity contribution in [3.8, 4) is 17.2 Å². The van der Waals surface area contributed by atoms with E-state index in [0.29, 0.717) is 17.1 Å². The van der Waals surface area contributed by atoms with Crippen molar-refractivity contribution < 1.29 is 23.0 Å². The first-order chi connectivity index (χ1) is 14.5. The third-order valence-corrected chi connectivity index (χ3v) is 4.71. The molecule has 0 unspecified atom stereocenters. The molecule has 3 aromatic rings. The summed E-state index contributed by atoms with van der Waals surface area (Å²) in [7, 11) is 3.16. The zero-order chi connectivity index (χ0) is 21.5. The van der Waals surface area contributed by atoms with Crippen molar-refractivity contribution in [3.05, 3.63) is 59.4 Å². The fourth-order valence-corrected chi connectivity index (χ4v) is 3.03. The van der Waals surface area contributed by atoms with Gasteiger partial charge < -0.3 is 14.2 Å². The minimum Gasteiger partial charge on any atom is -0.497 e. The number of rotatable bonds is 9. The zero-order valence-corrected chi connectivity index (χ0v) is 17.4. The van der Waals surface area contributed by atoms with Gasteiger partial charge in [0.1, 0.15) is 23.9 Å². The Hall–Kier alpha value is -3.14. The highest BCUT2D eigenvalue weighted by Crippen LogP contribution is 2.24. The lowest BCUT2D eigenvalue weighted by atomic mass is 10.1. The summed E-state index contributed by atoms with van der Waals surface area (Å²) in [5.41, 5.74) is 1.46. The van der Waals surface area contributed by atoms with Crippen LogP contribution in [0.3, 0.4) is 0 Å². The van der Waals surface area contributed by atoms with Gasteiger partial charge in [0.15, 0.2) is 0 Å². The van der Waals surface area contributed by atoms with Crippen LogP contribution < -0.4 is 14.2 Å². The molecular weight excluding hydrogens is 414 g/mol. The maximum atomic E-state index is 13.1. The van der Waals surface area contributed by atoms with E-state index in [1.54, 1.807) is 56.9 Å². The summed E-state index contributed by atoms with van der Waals surface area (Å²) in [5.74, 6) is 1.54. The zero-order valence-electron chi connectivity index (χ0n) is 16.6. The lowest BCUT2D eigenvalue weighted by Crippen LogP contribution is -2.02. The lowest BCUT2D eigenvalue weighted by molar-refractivity contribution is 0.135. The van der Waals surface area contributed by atoms with E-state index >= 15 is 0 Å². The van der Waals surface area contributed by atoms with E-state index in [-0.39, 0.29) is 11.8 Å². The highest BCUT2D eigenvalue weighted by atomic mass is 32.2. The second kappa shape index (κ2) is 10.1. The summed E-state index contributed by atoms with van der Waals surface area (Å²) in [6.07, 6.45) is 0.401. The number of methoxy groups -OCH3 is 2. The molecule has 3 rings (SSSR count). The fraction of sp³-hybridized carbons (Fsp3) is 0.250. The molecule has 0 amide bonds. The van der Waals surface area contributed by atoms with E-state index in [4.69, 9.17) is 14.2 Å². The van der Waals surface area contributed by atoms with Crippen molar-refractivity contribution in [2.24, 2.45) is 5.10 Å². The molecule has 0 fully saturated rings. The normalized spacial score (nSPS) is 11.3. The SMILES string of the molecule is COc1ccc(OCc2cc(C=Nn3c(SC)nnc3C(F)F)ccc2OC)cc1. The molecule has 7 nitrogen and oxygen atoms in total. The van der Waals surface area contributed by atoms with E-state index in [2.05, 4.69) is 15.3 Å². The van der Waals surface area contributed by atoms with Crippen LogP contribution in [-0.4, -0.2) is 41.6 Å². The maximum Gasteiger partial charge on any atom is 0.299 e. The fourth-order valence-electron chi connectivity index (χ4n) is 2.60. The van der Waals surface area contributed by atoms with Gasteiger partial charge in [0.2, 0.25) is 11.0 Å². The monoisotopic (exact) mass is 434 g/mol. The molecule has 0 bridgehead atoms. The van der Waals surface area contributed by atoms with E-state index < -0.39 is 12.2 Å². The summed E-state index contributed by atoms with van der Waals surface area (Å²) in [4.78, 5) is 0. The molecule has 0 radical (unpaired) electrons. The Morgan fingerprint density at radius 2 is 1.80 bits per heavy atom. The van der Waals surface area contributed by atoms with Crippen LogP contribution in [0.2, 0.25) is 0 Å². The smallest absolute Gasteiger partial charge is 0.299 e. The van der Waals surface area contributed by atoms with Gasteiger partial charge >= 0.3 is 0 Å². The van der Waals surface area contributed by atoms with Crippen molar-refractivity contribution >= 4 is 18.0 Å². The van der Waals surface area contributed by atoms with Crippen LogP contribution in [0.1, 0.15) is 23.4 Å². The Bertz CT molecular complexity index is 1010. The molecule has 0 aliphatic heterocycles. The van der Waals surface area contributed by atoms with Gasteiger partial charge in [0, 0.05) is 5.56 Å². The molecule has 1 heterocycles. The number of halogens is 2. The summed E-state index contributed by atoms with van der Waals surface area (Å²) in [5, 5.41) is 11.6. The van der Waals surface area contributed by atoms with Gasteiger partial charge in [-0.2, -0.15) is 9.78 Å². The number of hydrogen-bond donors (Lipinski definition) is 0. The molecule has 0 aliphatic rings. The van der Waals surface area contributed by atoms with Gasteiger partial charge in [-0.1, -0.05) is 11.8 Å². The average molecular weight is 434 g/mol. The lowest BCUT2D eigenvalue weighted by Gasteiger charge is -2.11. The number of benzene rings is 2. The van der Waals surface area contributed by atoms with Crippen molar-refractivity contribution in [3.63, 3.8) is 0 Å².